The van der Waals surface area contributed by atoms with E-state index >= 15 is 0 Å². The first kappa shape index (κ1) is 18.5. The topological polar surface area (TPSA) is 88.1 Å². The molecule has 28 heavy (non-hydrogen) atoms. The van der Waals surface area contributed by atoms with Crippen LogP contribution < -0.4 is 10.2 Å². The minimum atomic E-state index is -0.427. The Labute approximate surface area is 164 Å². The van der Waals surface area contributed by atoms with Crippen molar-refractivity contribution in [2.45, 2.75) is 52.0 Å². The van der Waals surface area contributed by atoms with Gasteiger partial charge in [0.2, 0.25) is 11.9 Å². The molecule has 1 N–H and O–H groups in total. The molecule has 0 bridgehead atoms. The van der Waals surface area contributed by atoms with Crippen LogP contribution >= 0.6 is 0 Å². The first-order valence-corrected chi connectivity index (χ1v) is 9.83. The van der Waals surface area contributed by atoms with Crippen molar-refractivity contribution in [1.29, 1.82) is 0 Å². The fraction of sp³-hybridized carbons (Fsp3) is 0.476. The monoisotopic (exact) mass is 379 g/mol. The number of nitrogens with one attached hydrogen (secondary N) is 1. The molecule has 2 aromatic heterocycles. The van der Waals surface area contributed by atoms with E-state index < -0.39 is 5.41 Å². The Morgan fingerprint density at radius 2 is 2.00 bits per heavy atom. The maximum atomic E-state index is 13.3. The van der Waals surface area contributed by atoms with Gasteiger partial charge >= 0.3 is 0 Å². The molecular weight excluding hydrogens is 354 g/mol. The van der Waals surface area contributed by atoms with Gasteiger partial charge in [-0.3, -0.25) is 14.5 Å². The van der Waals surface area contributed by atoms with E-state index in [-0.39, 0.29) is 17.9 Å². The summed E-state index contributed by atoms with van der Waals surface area (Å²) in [6.07, 6.45) is 5.77. The van der Waals surface area contributed by atoms with E-state index in [9.17, 15) is 9.59 Å². The highest BCUT2D eigenvalue weighted by atomic mass is 16.2. The highest BCUT2D eigenvalue weighted by Crippen LogP contribution is 2.45. The van der Waals surface area contributed by atoms with Crippen molar-refractivity contribution in [3.8, 4) is 0 Å². The Morgan fingerprint density at radius 3 is 2.79 bits per heavy atom. The normalized spacial score (nSPS) is 24.6. The fourth-order valence-electron chi connectivity index (χ4n) is 4.41. The fourth-order valence-corrected chi connectivity index (χ4v) is 4.41. The van der Waals surface area contributed by atoms with Crippen LogP contribution in [0, 0.1) is 19.3 Å². The molecular formula is C21H25N5O2. The molecule has 1 spiro atoms. The molecule has 1 aliphatic carbocycles. The van der Waals surface area contributed by atoms with E-state index in [1.165, 1.54) is 0 Å². The second-order valence-electron chi connectivity index (χ2n) is 7.92. The predicted molar refractivity (Wildman–Crippen MR) is 105 cm³/mol. The molecule has 0 radical (unpaired) electrons. The average Bonchev–Trinajstić information content (AvgIpc) is 2.97. The van der Waals surface area contributed by atoms with Crippen molar-refractivity contribution >= 4 is 17.8 Å². The van der Waals surface area contributed by atoms with Gasteiger partial charge in [-0.2, -0.15) is 0 Å². The molecule has 2 amide bonds. The molecule has 7 nitrogen and oxygen atoms in total. The summed E-state index contributed by atoms with van der Waals surface area (Å²) in [5.41, 5.74) is 1.65. The van der Waals surface area contributed by atoms with Gasteiger partial charge in [0.25, 0.3) is 5.91 Å². The molecule has 3 heterocycles. The zero-order valence-electron chi connectivity index (χ0n) is 16.3. The van der Waals surface area contributed by atoms with Crippen LogP contribution in [-0.2, 0) is 4.79 Å². The van der Waals surface area contributed by atoms with Gasteiger partial charge in [-0.05, 0) is 57.7 Å². The standard InChI is InChI=1S/C21H25N5O2/c1-14-5-3-7-17(23-14)18(27)25-16-6-4-9-21(13-16)10-12-26(19(21)28)20-22-11-8-15(2)24-20/h3,5,7-8,11,16H,4,6,9-10,12-13H2,1-2H3,(H,25,27)/t16-,21+/m1/s1. The lowest BCUT2D eigenvalue weighted by Crippen LogP contribution is -2.46. The number of hydrogen-bond acceptors (Lipinski definition) is 5. The summed E-state index contributed by atoms with van der Waals surface area (Å²) in [6.45, 7) is 4.39. The maximum absolute atomic E-state index is 13.3. The smallest absolute Gasteiger partial charge is 0.270 e. The highest BCUT2D eigenvalue weighted by molar-refractivity contribution is 5.98. The van der Waals surface area contributed by atoms with E-state index in [2.05, 4.69) is 20.3 Å². The third-order valence-corrected chi connectivity index (χ3v) is 5.84. The summed E-state index contributed by atoms with van der Waals surface area (Å²) < 4.78 is 0. The van der Waals surface area contributed by atoms with Gasteiger partial charge < -0.3 is 5.32 Å². The lowest BCUT2D eigenvalue weighted by molar-refractivity contribution is -0.127. The van der Waals surface area contributed by atoms with Crippen molar-refractivity contribution in [1.82, 2.24) is 20.3 Å². The summed E-state index contributed by atoms with van der Waals surface area (Å²) in [5.74, 6) is 0.401. The van der Waals surface area contributed by atoms with E-state index in [0.717, 1.165) is 37.1 Å². The van der Waals surface area contributed by atoms with E-state index in [0.29, 0.717) is 24.6 Å². The summed E-state index contributed by atoms with van der Waals surface area (Å²) in [7, 11) is 0. The number of aryl methyl sites for hydroxylation is 2. The van der Waals surface area contributed by atoms with Crippen LogP contribution in [0.5, 0.6) is 0 Å². The van der Waals surface area contributed by atoms with Gasteiger partial charge in [-0.1, -0.05) is 12.5 Å². The number of carbonyl (C=O) groups excluding carboxylic acids is 2. The average molecular weight is 379 g/mol. The van der Waals surface area contributed by atoms with Crippen LogP contribution in [-0.4, -0.2) is 39.4 Å². The van der Waals surface area contributed by atoms with Gasteiger partial charge in [-0.25, -0.2) is 15.0 Å². The van der Waals surface area contributed by atoms with Crippen molar-refractivity contribution in [3.63, 3.8) is 0 Å². The first-order chi connectivity index (χ1) is 13.5. The highest BCUT2D eigenvalue weighted by Gasteiger charge is 2.50. The second kappa shape index (κ2) is 7.30. The summed E-state index contributed by atoms with van der Waals surface area (Å²) in [4.78, 5) is 40.5. The van der Waals surface area contributed by atoms with E-state index in [1.807, 2.05) is 32.0 Å². The van der Waals surface area contributed by atoms with Gasteiger partial charge in [0.05, 0.1) is 5.41 Å². The van der Waals surface area contributed by atoms with Crippen LogP contribution in [0.25, 0.3) is 0 Å². The molecule has 1 aliphatic heterocycles. The van der Waals surface area contributed by atoms with Crippen molar-refractivity contribution in [3.05, 3.63) is 47.5 Å². The number of amides is 2. The molecule has 2 fully saturated rings. The Balaban J connectivity index is 1.47. The molecule has 0 unspecified atom stereocenters. The number of pyridine rings is 1. The SMILES string of the molecule is Cc1cccc(C(=O)N[C@@H]2CCC[C@]3(CCN(c4nccc(C)n4)C3=O)C2)n1. The third-order valence-electron chi connectivity index (χ3n) is 5.84. The van der Waals surface area contributed by atoms with Gasteiger partial charge in [0, 0.05) is 30.2 Å². The molecule has 4 rings (SSSR count). The zero-order chi connectivity index (χ0) is 19.7. The molecule has 7 heteroatoms. The number of anilines is 1. The Hall–Kier alpha value is -2.83. The lowest BCUT2D eigenvalue weighted by atomic mass is 9.71. The van der Waals surface area contributed by atoms with Crippen LogP contribution in [0.3, 0.4) is 0 Å². The minimum absolute atomic E-state index is 0.0223. The van der Waals surface area contributed by atoms with Crippen LogP contribution in [0.15, 0.2) is 30.5 Å². The molecule has 0 aromatic carbocycles. The molecule has 2 aromatic rings. The van der Waals surface area contributed by atoms with Crippen molar-refractivity contribution in [2.24, 2.45) is 5.41 Å². The van der Waals surface area contributed by atoms with Crippen LogP contribution in [0.1, 0.15) is 54.0 Å². The molecule has 1 saturated heterocycles. The second-order valence-corrected chi connectivity index (χ2v) is 7.92. The molecule has 2 atom stereocenters. The van der Waals surface area contributed by atoms with Gasteiger partial charge in [0.1, 0.15) is 5.69 Å². The predicted octanol–water partition coefficient (Wildman–Crippen LogP) is 2.58. The summed E-state index contributed by atoms with van der Waals surface area (Å²) in [6, 6.07) is 7.22. The quantitative estimate of drug-likeness (QED) is 0.886. The van der Waals surface area contributed by atoms with Crippen LogP contribution in [0.4, 0.5) is 5.95 Å². The molecule has 1 saturated carbocycles. The van der Waals surface area contributed by atoms with Gasteiger partial charge in [-0.15, -0.1) is 0 Å². The minimum Gasteiger partial charge on any atom is -0.348 e. The number of hydrogen-bond donors (Lipinski definition) is 1. The van der Waals surface area contributed by atoms with Crippen molar-refractivity contribution in [2.75, 3.05) is 11.4 Å². The summed E-state index contributed by atoms with van der Waals surface area (Å²) >= 11 is 0. The van der Waals surface area contributed by atoms with E-state index in [1.54, 1.807) is 17.2 Å². The van der Waals surface area contributed by atoms with Crippen LogP contribution in [0.2, 0.25) is 0 Å². The summed E-state index contributed by atoms with van der Waals surface area (Å²) in [5, 5.41) is 3.09. The Kier molecular flexibility index (Phi) is 4.83. The molecule has 2 aliphatic rings. The lowest BCUT2D eigenvalue weighted by Gasteiger charge is -2.36. The number of aromatic nitrogens is 3. The van der Waals surface area contributed by atoms with Crippen molar-refractivity contribution < 1.29 is 9.59 Å². The number of nitrogens with zero attached hydrogens (tertiary/aromatic N) is 4. The third kappa shape index (κ3) is 3.48. The Morgan fingerprint density at radius 1 is 1.18 bits per heavy atom. The van der Waals surface area contributed by atoms with Gasteiger partial charge in [0.15, 0.2) is 0 Å². The first-order valence-electron chi connectivity index (χ1n) is 9.83. The maximum Gasteiger partial charge on any atom is 0.270 e. The number of carbonyl (C=O) groups is 2. The number of rotatable bonds is 3. The largest absolute Gasteiger partial charge is 0.348 e. The van der Waals surface area contributed by atoms with E-state index in [4.69, 9.17) is 0 Å². The molecule has 146 valence electrons. The Bertz CT molecular complexity index is 915. The zero-order valence-corrected chi connectivity index (χ0v) is 16.3.